The first kappa shape index (κ1) is 8.00. The predicted octanol–water partition coefficient (Wildman–Crippen LogP) is 0.261. The Morgan fingerprint density at radius 3 is 1.75 bits per heavy atom. The smallest absolute Gasteiger partial charge is 0.267 e. The summed E-state index contributed by atoms with van der Waals surface area (Å²) in [6.45, 7) is 0. The number of thioether (sulfide) groups is 2. The minimum absolute atomic E-state index is 0.193. The fourth-order valence-electron chi connectivity index (χ4n) is 0.983. The summed E-state index contributed by atoms with van der Waals surface area (Å²) in [5.41, 5.74) is -0.386. The zero-order valence-electron chi connectivity index (χ0n) is 6.05. The Morgan fingerprint density at radius 1 is 0.917 bits per heavy atom. The number of hydrogen-bond donors (Lipinski definition) is 2. The maximum atomic E-state index is 11.2. The zero-order chi connectivity index (χ0) is 8.55. The van der Waals surface area contributed by atoms with E-state index in [0.29, 0.717) is 9.79 Å². The Kier molecular flexibility index (Phi) is 2.02. The van der Waals surface area contributed by atoms with E-state index in [9.17, 15) is 9.59 Å². The van der Waals surface area contributed by atoms with Gasteiger partial charge in [-0.1, -0.05) is 0 Å². The normalized spacial score (nSPS) is 15.7. The van der Waals surface area contributed by atoms with Gasteiger partial charge in [0.1, 0.15) is 0 Å². The van der Waals surface area contributed by atoms with Gasteiger partial charge in [-0.05, 0) is 0 Å². The van der Waals surface area contributed by atoms with Gasteiger partial charge in [-0.2, -0.15) is 0 Å². The number of nitrogens with one attached hydrogen (secondary N) is 2. The Bertz CT molecular complexity index is 370. The summed E-state index contributed by atoms with van der Waals surface area (Å²) in [7, 11) is 0. The number of hydrogen-bond acceptors (Lipinski definition) is 4. The van der Waals surface area contributed by atoms with Gasteiger partial charge >= 0.3 is 0 Å². The monoisotopic (exact) mass is 202 g/mol. The number of aromatic nitrogens is 2. The van der Waals surface area contributed by atoms with Crippen molar-refractivity contribution < 1.29 is 0 Å². The molecular formula is C6H6N2O2S2. The third-order valence-corrected chi connectivity index (χ3v) is 4.04. The van der Waals surface area contributed by atoms with E-state index in [-0.39, 0.29) is 11.1 Å². The highest BCUT2D eigenvalue weighted by Gasteiger charge is 2.16. The molecule has 0 aromatic carbocycles. The van der Waals surface area contributed by atoms with E-state index in [2.05, 4.69) is 10.2 Å². The van der Waals surface area contributed by atoms with Gasteiger partial charge in [0.05, 0.1) is 9.79 Å². The summed E-state index contributed by atoms with van der Waals surface area (Å²) < 4.78 is 0. The third kappa shape index (κ3) is 1.21. The molecule has 0 radical (unpaired) electrons. The Hall–Kier alpha value is -0.620. The summed E-state index contributed by atoms with van der Waals surface area (Å²) in [6.07, 6.45) is 0. The van der Waals surface area contributed by atoms with E-state index in [1.807, 2.05) is 0 Å². The minimum atomic E-state index is -0.193. The van der Waals surface area contributed by atoms with Gasteiger partial charge in [0.25, 0.3) is 11.1 Å². The van der Waals surface area contributed by atoms with Crippen molar-refractivity contribution in [3.8, 4) is 0 Å². The molecule has 1 aromatic rings. The van der Waals surface area contributed by atoms with Crippen LogP contribution >= 0.6 is 23.5 Å². The first-order valence-corrected chi connectivity index (χ1v) is 5.37. The lowest BCUT2D eigenvalue weighted by molar-refractivity contribution is 0.855. The average molecular weight is 202 g/mol. The van der Waals surface area contributed by atoms with E-state index in [4.69, 9.17) is 0 Å². The van der Waals surface area contributed by atoms with Crippen LogP contribution in [0.5, 0.6) is 0 Å². The van der Waals surface area contributed by atoms with Crippen molar-refractivity contribution in [2.24, 2.45) is 0 Å². The third-order valence-electron chi connectivity index (χ3n) is 1.48. The molecule has 64 valence electrons. The van der Waals surface area contributed by atoms with E-state index in [0.717, 1.165) is 11.5 Å². The van der Waals surface area contributed by atoms with Gasteiger partial charge in [0.2, 0.25) is 0 Å². The van der Waals surface area contributed by atoms with Gasteiger partial charge in [-0.15, -0.1) is 23.5 Å². The second-order valence-corrected chi connectivity index (χ2v) is 4.47. The van der Waals surface area contributed by atoms with E-state index in [1.165, 1.54) is 23.5 Å². The summed E-state index contributed by atoms with van der Waals surface area (Å²) in [4.78, 5) is 23.4. The van der Waals surface area contributed by atoms with Crippen LogP contribution in [0.2, 0.25) is 0 Å². The van der Waals surface area contributed by atoms with Crippen LogP contribution in [0, 0.1) is 0 Å². The Labute approximate surface area is 76.1 Å². The van der Waals surface area contributed by atoms with Gasteiger partial charge in [-0.25, -0.2) is 0 Å². The number of aromatic amines is 2. The highest BCUT2D eigenvalue weighted by Crippen LogP contribution is 2.30. The number of rotatable bonds is 0. The van der Waals surface area contributed by atoms with Gasteiger partial charge in [0, 0.05) is 11.5 Å². The second kappa shape index (κ2) is 3.02. The van der Waals surface area contributed by atoms with Crippen LogP contribution in [0.15, 0.2) is 19.4 Å². The highest BCUT2D eigenvalue weighted by atomic mass is 32.2. The van der Waals surface area contributed by atoms with E-state index in [1.54, 1.807) is 0 Å². The van der Waals surface area contributed by atoms with E-state index < -0.39 is 0 Å². The summed E-state index contributed by atoms with van der Waals surface area (Å²) in [5.74, 6) is 1.79. The zero-order valence-corrected chi connectivity index (χ0v) is 7.68. The fourth-order valence-corrected chi connectivity index (χ4v) is 3.22. The molecule has 0 saturated heterocycles. The average Bonchev–Trinajstić information content (AvgIpc) is 2.12. The summed E-state index contributed by atoms with van der Waals surface area (Å²) in [5, 5.41) is 4.60. The van der Waals surface area contributed by atoms with Gasteiger partial charge in [0.15, 0.2) is 0 Å². The largest absolute Gasteiger partial charge is 0.277 e. The molecule has 12 heavy (non-hydrogen) atoms. The molecule has 1 aromatic heterocycles. The van der Waals surface area contributed by atoms with Crippen LogP contribution < -0.4 is 11.1 Å². The summed E-state index contributed by atoms with van der Waals surface area (Å²) >= 11 is 2.89. The number of H-pyrrole nitrogens is 2. The van der Waals surface area contributed by atoms with Crippen molar-refractivity contribution in [2.75, 3.05) is 11.5 Å². The van der Waals surface area contributed by atoms with Crippen LogP contribution in [0.1, 0.15) is 0 Å². The van der Waals surface area contributed by atoms with E-state index >= 15 is 0 Å². The molecule has 6 heteroatoms. The maximum absolute atomic E-state index is 11.2. The fraction of sp³-hybridized carbons (Fsp3) is 0.333. The Morgan fingerprint density at radius 2 is 1.33 bits per heavy atom. The molecule has 0 saturated carbocycles. The van der Waals surface area contributed by atoms with Gasteiger partial charge < -0.3 is 0 Å². The lowest BCUT2D eigenvalue weighted by Crippen LogP contribution is -2.24. The van der Waals surface area contributed by atoms with Crippen molar-refractivity contribution in [2.45, 2.75) is 9.79 Å². The molecule has 0 atom stereocenters. The molecular weight excluding hydrogens is 196 g/mol. The van der Waals surface area contributed by atoms with Crippen LogP contribution in [-0.4, -0.2) is 21.7 Å². The molecule has 0 amide bonds. The molecule has 0 spiro atoms. The van der Waals surface area contributed by atoms with Gasteiger partial charge in [-0.3, -0.25) is 19.8 Å². The molecule has 0 bridgehead atoms. The minimum Gasteiger partial charge on any atom is -0.267 e. The van der Waals surface area contributed by atoms with Crippen molar-refractivity contribution in [1.82, 2.24) is 10.2 Å². The van der Waals surface area contributed by atoms with Crippen molar-refractivity contribution in [1.29, 1.82) is 0 Å². The lowest BCUT2D eigenvalue weighted by Gasteiger charge is -2.10. The van der Waals surface area contributed by atoms with Crippen LogP contribution in [0.4, 0.5) is 0 Å². The number of fused-ring (bicyclic) bond motifs is 1. The molecule has 2 N–H and O–H groups in total. The molecule has 4 nitrogen and oxygen atoms in total. The highest BCUT2D eigenvalue weighted by molar-refractivity contribution is 8.05. The van der Waals surface area contributed by atoms with Crippen LogP contribution in [0.3, 0.4) is 0 Å². The molecule has 0 fully saturated rings. The van der Waals surface area contributed by atoms with Crippen LogP contribution in [-0.2, 0) is 0 Å². The molecule has 0 aliphatic carbocycles. The first-order valence-electron chi connectivity index (χ1n) is 3.39. The van der Waals surface area contributed by atoms with Crippen LogP contribution in [0.25, 0.3) is 0 Å². The topological polar surface area (TPSA) is 65.7 Å². The predicted molar refractivity (Wildman–Crippen MR) is 49.1 cm³/mol. The van der Waals surface area contributed by atoms with Crippen molar-refractivity contribution >= 4 is 23.5 Å². The summed E-state index contributed by atoms with van der Waals surface area (Å²) in [6, 6.07) is 0. The first-order chi connectivity index (χ1) is 5.79. The SMILES string of the molecule is O=c1[nH][nH]c(=O)c2c1SCCS2. The Balaban J connectivity index is 2.73. The molecule has 2 heterocycles. The molecule has 2 rings (SSSR count). The maximum Gasteiger partial charge on any atom is 0.277 e. The molecule has 1 aliphatic rings. The van der Waals surface area contributed by atoms with Crippen molar-refractivity contribution in [3.63, 3.8) is 0 Å². The lowest BCUT2D eigenvalue weighted by atomic mass is 10.5. The standard InChI is InChI=1S/C6H6N2O2S2/c9-5-3-4(6(10)8-7-5)12-2-1-11-3/h1-2H2,(H,7,9)(H,8,10). The molecule has 1 aliphatic heterocycles. The second-order valence-electron chi connectivity index (χ2n) is 2.26. The quantitative estimate of drug-likeness (QED) is 0.633. The molecule has 0 unspecified atom stereocenters. The van der Waals surface area contributed by atoms with Crippen molar-refractivity contribution in [3.05, 3.63) is 20.7 Å².